The molecule has 0 unspecified atom stereocenters. The van der Waals surface area contributed by atoms with Gasteiger partial charge in [-0.25, -0.2) is 14.0 Å². The average molecular weight is 328 g/mol. The molecule has 0 saturated carbocycles. The number of carbonyl (C=O) groups excluding carboxylic acids is 3. The Balaban J connectivity index is 2.55. The van der Waals surface area contributed by atoms with Gasteiger partial charge >= 0.3 is 12.0 Å². The summed E-state index contributed by atoms with van der Waals surface area (Å²) in [5.41, 5.74) is 5.23. The molecule has 3 N–H and O–H groups in total. The summed E-state index contributed by atoms with van der Waals surface area (Å²) in [6.07, 6.45) is 2.19. The predicted octanol–water partition coefficient (Wildman–Crippen LogP) is 1.34. The molecule has 120 valence electrons. The summed E-state index contributed by atoms with van der Waals surface area (Å²) in [5, 5.41) is 2.28. The number of ketones is 1. The summed E-state index contributed by atoms with van der Waals surface area (Å²) in [6.45, 7) is -0.485. The number of benzene rings is 1. The van der Waals surface area contributed by atoms with Gasteiger partial charge < -0.3 is 15.8 Å². The molecule has 0 fully saturated rings. The van der Waals surface area contributed by atoms with Gasteiger partial charge in [0.05, 0.1) is 0 Å². The van der Waals surface area contributed by atoms with Gasteiger partial charge in [0.15, 0.2) is 12.4 Å². The van der Waals surface area contributed by atoms with Crippen molar-refractivity contribution in [2.45, 2.75) is 12.5 Å². The average Bonchev–Trinajstić information content (AvgIpc) is 2.49. The molecular formula is C14H17FN2O4S. The quantitative estimate of drug-likeness (QED) is 0.554. The van der Waals surface area contributed by atoms with Crippen LogP contribution in [0.5, 0.6) is 0 Å². The Hall–Kier alpha value is -2.09. The van der Waals surface area contributed by atoms with E-state index >= 15 is 0 Å². The molecule has 22 heavy (non-hydrogen) atoms. The number of hydrogen-bond donors (Lipinski definition) is 2. The Morgan fingerprint density at radius 1 is 1.32 bits per heavy atom. The van der Waals surface area contributed by atoms with Gasteiger partial charge in [-0.15, -0.1) is 0 Å². The van der Waals surface area contributed by atoms with Gasteiger partial charge in [-0.2, -0.15) is 11.8 Å². The van der Waals surface area contributed by atoms with E-state index in [0.29, 0.717) is 12.2 Å². The molecule has 0 bridgehead atoms. The molecule has 0 aliphatic heterocycles. The molecule has 1 aromatic carbocycles. The van der Waals surface area contributed by atoms with Crippen molar-refractivity contribution in [2.24, 2.45) is 5.73 Å². The maximum absolute atomic E-state index is 12.8. The lowest BCUT2D eigenvalue weighted by Gasteiger charge is -2.15. The number of halogens is 1. The van der Waals surface area contributed by atoms with Crippen molar-refractivity contribution in [2.75, 3.05) is 18.6 Å². The fourth-order valence-corrected chi connectivity index (χ4v) is 2.08. The maximum Gasteiger partial charge on any atom is 0.329 e. The summed E-state index contributed by atoms with van der Waals surface area (Å²) in [6, 6.07) is 3.16. The Morgan fingerprint density at radius 3 is 2.50 bits per heavy atom. The minimum absolute atomic E-state index is 0.234. The summed E-state index contributed by atoms with van der Waals surface area (Å²) in [7, 11) is 0. The van der Waals surface area contributed by atoms with E-state index in [1.54, 1.807) is 0 Å². The van der Waals surface area contributed by atoms with E-state index in [4.69, 9.17) is 10.5 Å². The third-order valence-electron chi connectivity index (χ3n) is 2.72. The van der Waals surface area contributed by atoms with Crippen molar-refractivity contribution in [3.63, 3.8) is 0 Å². The molecule has 0 spiro atoms. The first-order chi connectivity index (χ1) is 10.4. The highest BCUT2D eigenvalue weighted by atomic mass is 32.2. The van der Waals surface area contributed by atoms with Crippen LogP contribution in [0.1, 0.15) is 16.8 Å². The van der Waals surface area contributed by atoms with Crippen molar-refractivity contribution in [1.82, 2.24) is 5.32 Å². The number of esters is 1. The van der Waals surface area contributed by atoms with Crippen LogP contribution in [0.2, 0.25) is 0 Å². The molecule has 0 saturated heterocycles. The number of hydrogen-bond acceptors (Lipinski definition) is 5. The highest BCUT2D eigenvalue weighted by Crippen LogP contribution is 2.06. The molecule has 0 aromatic heterocycles. The smallest absolute Gasteiger partial charge is 0.329 e. The molecule has 0 heterocycles. The molecule has 0 radical (unpaired) electrons. The number of primary amides is 1. The number of carbonyl (C=O) groups is 3. The second kappa shape index (κ2) is 9.04. The van der Waals surface area contributed by atoms with E-state index in [-0.39, 0.29) is 5.56 Å². The fourth-order valence-electron chi connectivity index (χ4n) is 1.61. The number of ether oxygens (including phenoxy) is 1. The number of nitrogens with two attached hydrogens (primary N) is 1. The number of thioether (sulfide) groups is 1. The minimum Gasteiger partial charge on any atom is -0.456 e. The third-order valence-corrected chi connectivity index (χ3v) is 3.37. The molecule has 6 nitrogen and oxygen atoms in total. The monoisotopic (exact) mass is 328 g/mol. The molecule has 1 rings (SSSR count). The Kier molecular flexibility index (Phi) is 7.38. The Morgan fingerprint density at radius 2 is 1.95 bits per heavy atom. The highest BCUT2D eigenvalue weighted by Gasteiger charge is 2.22. The van der Waals surface area contributed by atoms with Crippen LogP contribution in [0.15, 0.2) is 24.3 Å². The van der Waals surface area contributed by atoms with E-state index in [1.807, 2.05) is 6.26 Å². The second-order valence-electron chi connectivity index (χ2n) is 4.38. The zero-order valence-electron chi connectivity index (χ0n) is 12.0. The summed E-state index contributed by atoms with van der Waals surface area (Å²) >= 11 is 1.49. The van der Waals surface area contributed by atoms with E-state index in [9.17, 15) is 18.8 Å². The molecule has 8 heteroatoms. The van der Waals surface area contributed by atoms with Gasteiger partial charge in [0, 0.05) is 5.56 Å². The van der Waals surface area contributed by atoms with Crippen molar-refractivity contribution in [1.29, 1.82) is 0 Å². The molecule has 1 aromatic rings. The van der Waals surface area contributed by atoms with Crippen LogP contribution in [0, 0.1) is 5.82 Å². The van der Waals surface area contributed by atoms with Crippen molar-refractivity contribution >= 4 is 29.5 Å². The largest absolute Gasteiger partial charge is 0.456 e. The van der Waals surface area contributed by atoms with Gasteiger partial charge in [-0.05, 0) is 42.7 Å². The first kappa shape index (κ1) is 18.0. The lowest BCUT2D eigenvalue weighted by atomic mass is 10.1. The van der Waals surface area contributed by atoms with E-state index in [2.05, 4.69) is 5.32 Å². The van der Waals surface area contributed by atoms with Gasteiger partial charge in [-0.3, -0.25) is 4.79 Å². The lowest BCUT2D eigenvalue weighted by Crippen LogP contribution is -2.45. The number of rotatable bonds is 8. The summed E-state index contributed by atoms with van der Waals surface area (Å²) < 4.78 is 17.6. The summed E-state index contributed by atoms with van der Waals surface area (Å²) in [4.78, 5) is 34.5. The van der Waals surface area contributed by atoms with Crippen molar-refractivity contribution in [3.05, 3.63) is 35.6 Å². The number of amides is 2. The topological polar surface area (TPSA) is 98.5 Å². The van der Waals surface area contributed by atoms with E-state index < -0.39 is 36.2 Å². The van der Waals surface area contributed by atoms with Gasteiger partial charge in [-0.1, -0.05) is 0 Å². The molecule has 1 atom stereocenters. The molecule has 0 aliphatic rings. The number of nitrogens with one attached hydrogen (secondary N) is 1. The number of Topliss-reactive ketones (excluding diaryl/α,β-unsaturated/α-hetero) is 1. The maximum atomic E-state index is 12.8. The zero-order valence-corrected chi connectivity index (χ0v) is 12.8. The van der Waals surface area contributed by atoms with Crippen LogP contribution in [0.3, 0.4) is 0 Å². The fraction of sp³-hybridized carbons (Fsp3) is 0.357. The van der Waals surface area contributed by atoms with Crippen molar-refractivity contribution < 1.29 is 23.5 Å². The predicted molar refractivity (Wildman–Crippen MR) is 81.2 cm³/mol. The first-order valence-electron chi connectivity index (χ1n) is 6.44. The molecular weight excluding hydrogens is 311 g/mol. The van der Waals surface area contributed by atoms with Crippen LogP contribution in [0.4, 0.5) is 9.18 Å². The molecule has 2 amide bonds. The van der Waals surface area contributed by atoms with E-state index in [0.717, 1.165) is 12.1 Å². The third kappa shape index (κ3) is 6.13. The Labute approximate surface area is 131 Å². The normalized spacial score (nSPS) is 11.5. The standard InChI is InChI=1S/C14H17FN2O4S/c1-22-7-6-11(17-14(16)20)13(19)21-8-12(18)9-2-4-10(15)5-3-9/h2-5,11H,6-8H2,1H3,(H3,16,17,20)/t11-/m0/s1. The minimum atomic E-state index is -0.897. The highest BCUT2D eigenvalue weighted by molar-refractivity contribution is 7.98. The van der Waals surface area contributed by atoms with Crippen LogP contribution in [-0.4, -0.2) is 42.4 Å². The molecule has 0 aliphatic carbocycles. The Bertz CT molecular complexity index is 536. The van der Waals surface area contributed by atoms with Crippen LogP contribution >= 0.6 is 11.8 Å². The SMILES string of the molecule is CSCC[C@H](NC(N)=O)C(=O)OCC(=O)c1ccc(F)cc1. The lowest BCUT2D eigenvalue weighted by molar-refractivity contribution is -0.144. The van der Waals surface area contributed by atoms with Crippen molar-refractivity contribution in [3.8, 4) is 0 Å². The zero-order chi connectivity index (χ0) is 16.5. The first-order valence-corrected chi connectivity index (χ1v) is 7.83. The van der Waals surface area contributed by atoms with Gasteiger partial charge in [0.25, 0.3) is 0 Å². The van der Waals surface area contributed by atoms with Crippen LogP contribution in [0.25, 0.3) is 0 Å². The van der Waals surface area contributed by atoms with Gasteiger partial charge in [0.1, 0.15) is 11.9 Å². The van der Waals surface area contributed by atoms with Crippen LogP contribution < -0.4 is 11.1 Å². The van der Waals surface area contributed by atoms with E-state index in [1.165, 1.54) is 23.9 Å². The van der Waals surface area contributed by atoms with Gasteiger partial charge in [0.2, 0.25) is 0 Å². The summed E-state index contributed by atoms with van der Waals surface area (Å²) in [5.74, 6) is -1.04. The second-order valence-corrected chi connectivity index (χ2v) is 5.37. The number of urea groups is 1. The van der Waals surface area contributed by atoms with Crippen LogP contribution in [-0.2, 0) is 9.53 Å².